The van der Waals surface area contributed by atoms with Gasteiger partial charge in [0, 0.05) is 39.7 Å². The largest absolute Gasteiger partial charge is 0.484 e. The number of pyridine rings is 1. The number of amides is 4. The molecule has 4 aliphatic rings. The number of hydrogen-bond acceptors (Lipinski definition) is 11. The van der Waals surface area contributed by atoms with Crippen molar-refractivity contribution in [3.63, 3.8) is 0 Å². The van der Waals surface area contributed by atoms with Crippen LogP contribution in [0.25, 0.3) is 33.0 Å². The number of sulfonamides is 1. The Bertz CT molecular complexity index is 2520. The highest BCUT2D eigenvalue weighted by molar-refractivity contribution is 7.91. The molecule has 1 unspecified atom stereocenters. The number of rotatable bonds is 6. The normalized spacial score (nSPS) is 27.5. The molecule has 2 saturated carbocycles. The SMILES string of the molecule is CC(C)(C)OC(=O)N[C@@H]1CS(=O)CCC/C=C\[C@@H]2C[C@@]2(C(=O)NS(=O)(=O)C2CC2)NC(=O)[C@@H]2C[C@H](Oc3c4cc(F)ccc4nc4c3oc3ccccc34)CN2C1=O. The van der Waals surface area contributed by atoms with Crippen molar-refractivity contribution >= 4 is 77.6 Å². The van der Waals surface area contributed by atoms with Gasteiger partial charge in [0.1, 0.15) is 46.2 Å². The molecule has 1 saturated heterocycles. The van der Waals surface area contributed by atoms with Crippen LogP contribution >= 0.6 is 0 Å². The van der Waals surface area contributed by atoms with E-state index in [9.17, 15) is 36.2 Å². The van der Waals surface area contributed by atoms with Crippen LogP contribution in [0.4, 0.5) is 9.18 Å². The van der Waals surface area contributed by atoms with Crippen molar-refractivity contribution in [2.75, 3.05) is 18.1 Å². The lowest BCUT2D eigenvalue weighted by Crippen LogP contribution is -2.59. The smallest absolute Gasteiger partial charge is 0.408 e. The summed E-state index contributed by atoms with van der Waals surface area (Å²) in [7, 11) is -5.57. The van der Waals surface area contributed by atoms with E-state index in [1.165, 1.54) is 23.1 Å². The zero-order valence-corrected chi connectivity index (χ0v) is 33.8. The second-order valence-electron chi connectivity index (χ2n) is 16.4. The molecule has 18 heteroatoms. The molecule has 2 aliphatic carbocycles. The molecule has 2 aliphatic heterocycles. The van der Waals surface area contributed by atoms with E-state index >= 15 is 0 Å². The minimum absolute atomic E-state index is 0.106. The first-order valence-corrected chi connectivity index (χ1v) is 22.3. The van der Waals surface area contributed by atoms with Gasteiger partial charge in [-0.3, -0.25) is 23.3 Å². The summed E-state index contributed by atoms with van der Waals surface area (Å²) in [5.41, 5.74) is -0.964. The Hall–Kier alpha value is -5.10. The number of alkyl carbamates (subject to hydrolysis) is 1. The Morgan fingerprint density at radius 1 is 1.12 bits per heavy atom. The fourth-order valence-electron chi connectivity index (χ4n) is 7.67. The van der Waals surface area contributed by atoms with Crippen molar-refractivity contribution in [1.82, 2.24) is 25.2 Å². The third-order valence-electron chi connectivity index (χ3n) is 10.8. The molecule has 58 heavy (non-hydrogen) atoms. The Morgan fingerprint density at radius 2 is 1.90 bits per heavy atom. The molecule has 0 radical (unpaired) electrons. The molecular weight excluding hydrogens is 794 g/mol. The highest BCUT2D eigenvalue weighted by Crippen LogP contribution is 2.46. The number of carbonyl (C=O) groups excluding carboxylic acids is 4. The van der Waals surface area contributed by atoms with Crippen molar-refractivity contribution in [3.05, 3.63) is 60.4 Å². The quantitative estimate of drug-likeness (QED) is 0.236. The minimum atomic E-state index is -3.97. The van der Waals surface area contributed by atoms with Gasteiger partial charge in [-0.05, 0) is 83.2 Å². The molecule has 308 valence electrons. The molecule has 2 aromatic carbocycles. The van der Waals surface area contributed by atoms with E-state index in [1.54, 1.807) is 45.1 Å². The Morgan fingerprint density at radius 3 is 2.66 bits per heavy atom. The maximum atomic E-state index is 14.8. The van der Waals surface area contributed by atoms with Gasteiger partial charge in [-0.15, -0.1) is 0 Å². The number of halogens is 1. The topological polar surface area (TPSA) is 203 Å². The van der Waals surface area contributed by atoms with Gasteiger partial charge < -0.3 is 29.4 Å². The van der Waals surface area contributed by atoms with Crippen molar-refractivity contribution in [3.8, 4) is 5.75 Å². The number of furan rings is 1. The predicted molar refractivity (Wildman–Crippen MR) is 212 cm³/mol. The molecule has 2 aromatic heterocycles. The number of nitrogens with one attached hydrogen (secondary N) is 3. The summed E-state index contributed by atoms with van der Waals surface area (Å²) in [6.45, 7) is 4.73. The zero-order valence-electron chi connectivity index (χ0n) is 32.1. The highest BCUT2D eigenvalue weighted by atomic mass is 32.2. The van der Waals surface area contributed by atoms with Crippen LogP contribution in [0, 0.1) is 11.7 Å². The van der Waals surface area contributed by atoms with E-state index in [-0.39, 0.29) is 47.6 Å². The fraction of sp³-hybridized carbons (Fsp3) is 0.475. The van der Waals surface area contributed by atoms with E-state index in [4.69, 9.17) is 18.9 Å². The van der Waals surface area contributed by atoms with E-state index in [1.807, 2.05) is 12.1 Å². The van der Waals surface area contributed by atoms with Crippen LogP contribution in [0.3, 0.4) is 0 Å². The number of hydrogen-bond donors (Lipinski definition) is 3. The monoisotopic (exact) mass is 837 g/mol. The predicted octanol–water partition coefficient (Wildman–Crippen LogP) is 4.10. The number of nitrogens with zero attached hydrogens (tertiary/aromatic N) is 2. The van der Waals surface area contributed by atoms with Gasteiger partial charge >= 0.3 is 6.09 Å². The Labute approximate surface area is 335 Å². The lowest BCUT2D eigenvalue weighted by molar-refractivity contribution is -0.140. The first-order chi connectivity index (χ1) is 27.5. The first-order valence-electron chi connectivity index (χ1n) is 19.3. The number of ether oxygens (including phenoxy) is 2. The fourth-order valence-corrected chi connectivity index (χ4v) is 10.3. The summed E-state index contributed by atoms with van der Waals surface area (Å²) in [5.74, 6) is -3.47. The van der Waals surface area contributed by atoms with E-state index < -0.39 is 91.0 Å². The molecule has 0 spiro atoms. The zero-order chi connectivity index (χ0) is 41.1. The number of allylic oxidation sites excluding steroid dienone is 1. The van der Waals surface area contributed by atoms with Gasteiger partial charge in [0.05, 0.1) is 23.1 Å². The lowest BCUT2D eigenvalue weighted by atomic mass is 10.1. The van der Waals surface area contributed by atoms with Crippen LogP contribution in [0.5, 0.6) is 5.75 Å². The molecule has 0 bridgehead atoms. The van der Waals surface area contributed by atoms with Gasteiger partial charge in [0.2, 0.25) is 21.8 Å². The number of fused-ring (bicyclic) bond motifs is 6. The summed E-state index contributed by atoms with van der Waals surface area (Å²) in [6.07, 6.45) is 3.40. The summed E-state index contributed by atoms with van der Waals surface area (Å²) in [6, 6.07) is 8.53. The molecule has 3 N–H and O–H groups in total. The van der Waals surface area contributed by atoms with Gasteiger partial charge in [0.25, 0.3) is 5.91 Å². The van der Waals surface area contributed by atoms with Gasteiger partial charge in [0.15, 0.2) is 11.3 Å². The summed E-state index contributed by atoms with van der Waals surface area (Å²) in [5, 5.41) is 5.66. The Balaban J connectivity index is 1.17. The lowest BCUT2D eigenvalue weighted by Gasteiger charge is -2.30. The van der Waals surface area contributed by atoms with Crippen molar-refractivity contribution < 1.29 is 50.1 Å². The molecule has 4 heterocycles. The van der Waals surface area contributed by atoms with Crippen LogP contribution in [0.1, 0.15) is 59.3 Å². The molecule has 3 fully saturated rings. The molecule has 4 amide bonds. The van der Waals surface area contributed by atoms with Crippen LogP contribution < -0.4 is 20.1 Å². The van der Waals surface area contributed by atoms with E-state index in [0.717, 1.165) is 0 Å². The van der Waals surface area contributed by atoms with Crippen LogP contribution in [0.15, 0.2) is 59.0 Å². The second-order valence-corrected chi connectivity index (χ2v) is 20.0. The average molecular weight is 838 g/mol. The molecule has 6 atom stereocenters. The van der Waals surface area contributed by atoms with Gasteiger partial charge in [-0.1, -0.05) is 24.3 Å². The molecule has 4 aromatic rings. The number of aromatic nitrogens is 1. The maximum absolute atomic E-state index is 14.8. The second kappa shape index (κ2) is 14.9. The van der Waals surface area contributed by atoms with Crippen molar-refractivity contribution in [2.24, 2.45) is 5.92 Å². The van der Waals surface area contributed by atoms with Crippen molar-refractivity contribution in [1.29, 1.82) is 0 Å². The van der Waals surface area contributed by atoms with Gasteiger partial charge in [-0.2, -0.15) is 0 Å². The van der Waals surface area contributed by atoms with E-state index in [0.29, 0.717) is 47.7 Å². The number of para-hydroxylation sites is 1. The first kappa shape index (κ1) is 39.7. The van der Waals surface area contributed by atoms with Crippen LogP contribution in [0.2, 0.25) is 0 Å². The minimum Gasteiger partial charge on any atom is -0.484 e. The third-order valence-corrected chi connectivity index (χ3v) is 14.0. The van der Waals surface area contributed by atoms with E-state index in [2.05, 4.69) is 15.4 Å². The summed E-state index contributed by atoms with van der Waals surface area (Å²) < 4.78 is 74.5. The van der Waals surface area contributed by atoms with Crippen LogP contribution in [-0.4, -0.2) is 99.0 Å². The Kier molecular flexibility index (Phi) is 10.2. The van der Waals surface area contributed by atoms with Gasteiger partial charge in [-0.25, -0.2) is 22.6 Å². The molecular formula is C40H44FN5O10S2. The average Bonchev–Trinajstić information content (AvgIpc) is 4.05. The summed E-state index contributed by atoms with van der Waals surface area (Å²) in [4.78, 5) is 62.0. The third kappa shape index (κ3) is 8.00. The van der Waals surface area contributed by atoms with Crippen molar-refractivity contribution in [2.45, 2.75) is 93.9 Å². The van der Waals surface area contributed by atoms with Crippen LogP contribution in [-0.2, 0) is 39.9 Å². The standard InChI is InChI=1S/C40H44FN5O10S2/c1-39(2,3)56-38(50)43-29-21-57(51)16-8-4-5-9-22-19-40(22,37(49)45-58(52,53)25-13-14-25)44-35(47)30-18-24(20-46(30)36(29)48)54-33-27-17-23(41)12-15-28(27)42-32-26-10-6-7-11-31(26)55-34(32)33/h5-7,9-12,15,17,22,24-25,29-30H,4,8,13-14,16,18-21H2,1-3H3,(H,43,50)(H,44,47)(H,45,49)/b9-5-/t22-,24+,29-,30+,40-,57?/m1/s1. The highest BCUT2D eigenvalue weighted by Gasteiger charge is 2.62. The molecule has 15 nitrogen and oxygen atoms in total. The number of carbonyl (C=O) groups is 4. The summed E-state index contributed by atoms with van der Waals surface area (Å²) >= 11 is 0. The maximum Gasteiger partial charge on any atom is 0.408 e. The number of benzene rings is 2. The molecule has 8 rings (SSSR count).